The quantitative estimate of drug-likeness (QED) is 0.479. The molecule has 0 saturated heterocycles. The molecule has 8 heteroatoms. The maximum Gasteiger partial charge on any atom is 0.425 e. The Kier molecular flexibility index (Phi) is 6.77. The van der Waals surface area contributed by atoms with E-state index in [0.29, 0.717) is 15.7 Å². The van der Waals surface area contributed by atoms with Crippen molar-refractivity contribution in [2.75, 3.05) is 20.7 Å². The van der Waals surface area contributed by atoms with Gasteiger partial charge in [0.15, 0.2) is 0 Å². The third-order valence-corrected chi connectivity index (χ3v) is 5.00. The van der Waals surface area contributed by atoms with Crippen molar-refractivity contribution in [1.29, 1.82) is 0 Å². The smallest absolute Gasteiger partial charge is 0.425 e. The molecule has 0 amide bonds. The van der Waals surface area contributed by atoms with Crippen molar-refractivity contribution in [1.82, 2.24) is 4.90 Å². The van der Waals surface area contributed by atoms with Crippen molar-refractivity contribution in [3.63, 3.8) is 0 Å². The minimum absolute atomic E-state index is 0.0976. The molecule has 0 saturated carbocycles. The minimum Gasteiger partial charge on any atom is -0.496 e. The number of alkyl halides is 3. The molecule has 1 atom stereocenters. The highest BCUT2D eigenvalue weighted by molar-refractivity contribution is 9.10. The van der Waals surface area contributed by atoms with Gasteiger partial charge in [0.1, 0.15) is 5.75 Å². The van der Waals surface area contributed by atoms with E-state index in [1.165, 1.54) is 43.5 Å². The van der Waals surface area contributed by atoms with Crippen molar-refractivity contribution in [3.8, 4) is 5.75 Å². The first kappa shape index (κ1) is 22.2. The summed E-state index contributed by atoms with van der Waals surface area (Å²) in [5, 5.41) is 10.9. The van der Waals surface area contributed by atoms with Gasteiger partial charge in [-0.05, 0) is 43.2 Å². The van der Waals surface area contributed by atoms with E-state index in [0.717, 1.165) is 6.54 Å². The van der Waals surface area contributed by atoms with Crippen LogP contribution in [0.15, 0.2) is 45.9 Å². The van der Waals surface area contributed by atoms with Crippen LogP contribution in [0, 0.1) is 6.92 Å². The molecular formula is C20H22BrF3N2O2. The number of aliphatic hydroxyl groups is 1. The predicted octanol–water partition coefficient (Wildman–Crippen LogP) is 5.18. The Hall–Kier alpha value is -2.06. The van der Waals surface area contributed by atoms with Gasteiger partial charge < -0.3 is 14.7 Å². The molecule has 0 aliphatic carbocycles. The summed E-state index contributed by atoms with van der Waals surface area (Å²) in [4.78, 5) is 6.13. The number of benzene rings is 2. The molecule has 0 aliphatic heterocycles. The summed E-state index contributed by atoms with van der Waals surface area (Å²) in [6.45, 7) is 4.32. The number of aryl methyl sites for hydroxylation is 1. The largest absolute Gasteiger partial charge is 0.496 e. The Morgan fingerprint density at radius 1 is 1.21 bits per heavy atom. The summed E-state index contributed by atoms with van der Waals surface area (Å²) in [5.74, 6) is -0.0976. The van der Waals surface area contributed by atoms with Gasteiger partial charge in [-0.15, -0.1) is 0 Å². The second-order valence-corrected chi connectivity index (χ2v) is 7.29. The maximum atomic E-state index is 14.1. The van der Waals surface area contributed by atoms with Crippen molar-refractivity contribution >= 4 is 28.0 Å². The standard InChI is InChI=1S/C20H22BrF3N2O2/c1-5-26(3)12-25-17-11-18(28-4)16(10-13(17)2)19(27,20(22,23)24)14-6-8-15(21)9-7-14/h6-12,27H,5H2,1-4H3/b25-12+. The molecular weight excluding hydrogens is 437 g/mol. The van der Waals surface area contributed by atoms with Crippen molar-refractivity contribution in [3.05, 3.63) is 57.6 Å². The Balaban J connectivity index is 2.69. The van der Waals surface area contributed by atoms with Crippen LogP contribution >= 0.6 is 15.9 Å². The molecule has 2 aromatic rings. The number of methoxy groups -OCH3 is 1. The molecule has 4 nitrogen and oxygen atoms in total. The lowest BCUT2D eigenvalue weighted by Gasteiger charge is -2.33. The van der Waals surface area contributed by atoms with Crippen molar-refractivity contribution < 1.29 is 23.0 Å². The Bertz CT molecular complexity index is 854. The zero-order chi connectivity index (χ0) is 21.1. The zero-order valence-corrected chi connectivity index (χ0v) is 17.6. The highest BCUT2D eigenvalue weighted by Crippen LogP contribution is 2.48. The summed E-state index contributed by atoms with van der Waals surface area (Å²) in [7, 11) is 3.10. The van der Waals surface area contributed by atoms with Crippen LogP contribution in [-0.4, -0.2) is 43.2 Å². The summed E-state index contributed by atoms with van der Waals surface area (Å²) >= 11 is 3.20. The second-order valence-electron chi connectivity index (χ2n) is 6.37. The van der Waals surface area contributed by atoms with Crippen molar-refractivity contribution in [2.24, 2.45) is 4.99 Å². The van der Waals surface area contributed by atoms with Gasteiger partial charge in [-0.3, -0.25) is 0 Å². The van der Waals surface area contributed by atoms with Crippen LogP contribution in [0.2, 0.25) is 0 Å². The number of nitrogens with zero attached hydrogens (tertiary/aromatic N) is 2. The van der Waals surface area contributed by atoms with Crippen molar-refractivity contribution in [2.45, 2.75) is 25.6 Å². The predicted molar refractivity (Wildman–Crippen MR) is 107 cm³/mol. The van der Waals surface area contributed by atoms with E-state index >= 15 is 0 Å². The molecule has 2 rings (SSSR count). The molecule has 152 valence electrons. The number of ether oxygens (including phenoxy) is 1. The van der Waals surface area contributed by atoms with Gasteiger partial charge in [0.25, 0.3) is 0 Å². The third-order valence-electron chi connectivity index (χ3n) is 4.47. The van der Waals surface area contributed by atoms with E-state index in [1.54, 1.807) is 13.3 Å². The van der Waals surface area contributed by atoms with E-state index < -0.39 is 11.8 Å². The van der Waals surface area contributed by atoms with Gasteiger partial charge >= 0.3 is 6.18 Å². The van der Waals surface area contributed by atoms with Crippen LogP contribution in [0.25, 0.3) is 0 Å². The average molecular weight is 459 g/mol. The fourth-order valence-electron chi connectivity index (χ4n) is 2.67. The molecule has 2 aromatic carbocycles. The molecule has 28 heavy (non-hydrogen) atoms. The number of aliphatic imine (C=N–C) groups is 1. The Morgan fingerprint density at radius 2 is 1.82 bits per heavy atom. The second kappa shape index (κ2) is 8.53. The van der Waals surface area contributed by atoms with Gasteiger partial charge in [-0.2, -0.15) is 13.2 Å². The van der Waals surface area contributed by atoms with Gasteiger partial charge in [0, 0.05) is 29.7 Å². The molecule has 0 heterocycles. The van der Waals surface area contributed by atoms with Crippen LogP contribution in [0.4, 0.5) is 18.9 Å². The zero-order valence-electron chi connectivity index (χ0n) is 16.0. The lowest BCUT2D eigenvalue weighted by molar-refractivity contribution is -0.248. The first-order valence-corrected chi connectivity index (χ1v) is 9.32. The first-order chi connectivity index (χ1) is 13.0. The summed E-state index contributed by atoms with van der Waals surface area (Å²) in [5.41, 5.74) is -2.97. The molecule has 0 fully saturated rings. The van der Waals surface area contributed by atoms with Gasteiger partial charge in [0.05, 0.1) is 19.1 Å². The van der Waals surface area contributed by atoms with Gasteiger partial charge in [-0.1, -0.05) is 28.1 Å². The number of hydrogen-bond acceptors (Lipinski definition) is 3. The normalized spacial score (nSPS) is 14.2. The van der Waals surface area contributed by atoms with Crippen LogP contribution in [0.3, 0.4) is 0 Å². The van der Waals surface area contributed by atoms with Crippen LogP contribution in [-0.2, 0) is 5.60 Å². The van der Waals surface area contributed by atoms with E-state index in [2.05, 4.69) is 20.9 Å². The summed E-state index contributed by atoms with van der Waals surface area (Å²) in [6, 6.07) is 8.03. The highest BCUT2D eigenvalue weighted by atomic mass is 79.9. The maximum absolute atomic E-state index is 14.1. The van der Waals surface area contributed by atoms with Crippen LogP contribution < -0.4 is 4.74 Å². The fourth-order valence-corrected chi connectivity index (χ4v) is 2.94. The van der Waals surface area contributed by atoms with E-state index in [4.69, 9.17) is 4.74 Å². The highest BCUT2D eigenvalue weighted by Gasteiger charge is 2.57. The minimum atomic E-state index is -4.96. The monoisotopic (exact) mass is 458 g/mol. The third kappa shape index (κ3) is 4.33. The molecule has 0 bridgehead atoms. The van der Waals surface area contributed by atoms with E-state index in [1.807, 2.05) is 18.9 Å². The van der Waals surface area contributed by atoms with Crippen LogP contribution in [0.5, 0.6) is 5.75 Å². The Morgan fingerprint density at radius 3 is 2.32 bits per heavy atom. The molecule has 0 spiro atoms. The number of halogens is 4. The number of hydrogen-bond donors (Lipinski definition) is 1. The van der Waals surface area contributed by atoms with Crippen LogP contribution in [0.1, 0.15) is 23.6 Å². The molecule has 1 unspecified atom stereocenters. The topological polar surface area (TPSA) is 45.1 Å². The fraction of sp³-hybridized carbons (Fsp3) is 0.350. The van der Waals surface area contributed by atoms with E-state index in [9.17, 15) is 18.3 Å². The first-order valence-electron chi connectivity index (χ1n) is 8.53. The van der Waals surface area contributed by atoms with Gasteiger partial charge in [-0.25, -0.2) is 4.99 Å². The summed E-state index contributed by atoms with van der Waals surface area (Å²) in [6.07, 6.45) is -3.38. The van der Waals surface area contributed by atoms with Gasteiger partial charge in [0.2, 0.25) is 5.60 Å². The average Bonchev–Trinajstić information content (AvgIpc) is 2.65. The SMILES string of the molecule is CCN(C)/C=N/c1cc(OC)c(C(O)(c2ccc(Br)cc2)C(F)(F)F)cc1C. The summed E-state index contributed by atoms with van der Waals surface area (Å²) < 4.78 is 48.0. The number of rotatable bonds is 6. The van der Waals surface area contributed by atoms with E-state index in [-0.39, 0.29) is 16.9 Å². The Labute approximate surface area is 170 Å². The molecule has 1 N–H and O–H groups in total. The molecule has 0 radical (unpaired) electrons. The lowest BCUT2D eigenvalue weighted by atomic mass is 9.84. The molecule has 0 aromatic heterocycles. The molecule has 0 aliphatic rings. The lowest BCUT2D eigenvalue weighted by Crippen LogP contribution is -2.43.